The van der Waals surface area contributed by atoms with Gasteiger partial charge in [-0.3, -0.25) is 4.99 Å². The Morgan fingerprint density at radius 1 is 1.41 bits per heavy atom. The van der Waals surface area contributed by atoms with Gasteiger partial charge < -0.3 is 14.7 Å². The molecule has 1 fully saturated rings. The SMILES string of the molecule is CN=C(NCc1cc(C)no1)N1CCC(c2ccccc2)C1. The van der Waals surface area contributed by atoms with E-state index >= 15 is 0 Å². The molecule has 5 heteroatoms. The number of aryl methyl sites for hydroxylation is 1. The number of benzene rings is 1. The van der Waals surface area contributed by atoms with Crippen molar-refractivity contribution in [1.82, 2.24) is 15.4 Å². The first-order valence-corrected chi connectivity index (χ1v) is 7.69. The van der Waals surface area contributed by atoms with E-state index in [1.807, 2.05) is 20.0 Å². The van der Waals surface area contributed by atoms with Crippen LogP contribution >= 0.6 is 0 Å². The molecule has 0 radical (unpaired) electrons. The molecular weight excluding hydrogens is 276 g/mol. The molecule has 22 heavy (non-hydrogen) atoms. The van der Waals surface area contributed by atoms with Gasteiger partial charge in [-0.05, 0) is 18.9 Å². The molecule has 0 amide bonds. The largest absolute Gasteiger partial charge is 0.359 e. The average molecular weight is 298 g/mol. The quantitative estimate of drug-likeness (QED) is 0.699. The van der Waals surface area contributed by atoms with Gasteiger partial charge in [0, 0.05) is 32.1 Å². The number of hydrogen-bond acceptors (Lipinski definition) is 3. The smallest absolute Gasteiger partial charge is 0.194 e. The van der Waals surface area contributed by atoms with Crippen molar-refractivity contribution in [3.05, 3.63) is 53.4 Å². The minimum atomic E-state index is 0.576. The van der Waals surface area contributed by atoms with Gasteiger partial charge in [-0.15, -0.1) is 0 Å². The second-order valence-corrected chi connectivity index (χ2v) is 5.68. The van der Waals surface area contributed by atoms with Crippen LogP contribution in [0.5, 0.6) is 0 Å². The molecule has 0 bridgehead atoms. The van der Waals surface area contributed by atoms with E-state index in [4.69, 9.17) is 4.52 Å². The van der Waals surface area contributed by atoms with Crippen LogP contribution in [-0.4, -0.2) is 36.2 Å². The van der Waals surface area contributed by atoms with E-state index in [9.17, 15) is 0 Å². The Bertz CT molecular complexity index is 635. The van der Waals surface area contributed by atoms with Gasteiger partial charge in [-0.25, -0.2) is 0 Å². The molecule has 1 saturated heterocycles. The standard InChI is InChI=1S/C17H22N4O/c1-13-10-16(22-20-13)11-19-17(18-2)21-9-8-15(12-21)14-6-4-3-5-7-14/h3-7,10,15H,8-9,11-12H2,1-2H3,(H,18,19). The van der Waals surface area contributed by atoms with Crippen LogP contribution < -0.4 is 5.32 Å². The van der Waals surface area contributed by atoms with Gasteiger partial charge in [0.15, 0.2) is 11.7 Å². The van der Waals surface area contributed by atoms with Crippen molar-refractivity contribution in [3.63, 3.8) is 0 Å². The van der Waals surface area contributed by atoms with Gasteiger partial charge in [0.05, 0.1) is 12.2 Å². The summed E-state index contributed by atoms with van der Waals surface area (Å²) in [5.74, 6) is 2.33. The molecule has 2 heterocycles. The van der Waals surface area contributed by atoms with Gasteiger partial charge in [0.1, 0.15) is 0 Å². The fourth-order valence-corrected chi connectivity index (χ4v) is 2.95. The van der Waals surface area contributed by atoms with E-state index in [2.05, 4.69) is 50.7 Å². The molecule has 1 aromatic carbocycles. The third kappa shape index (κ3) is 3.30. The van der Waals surface area contributed by atoms with E-state index < -0.39 is 0 Å². The average Bonchev–Trinajstić information content (AvgIpc) is 3.18. The molecule has 2 aromatic rings. The maximum Gasteiger partial charge on any atom is 0.194 e. The summed E-state index contributed by atoms with van der Waals surface area (Å²) in [6.45, 7) is 4.56. The van der Waals surface area contributed by atoms with Crippen LogP contribution in [0.2, 0.25) is 0 Å². The summed E-state index contributed by atoms with van der Waals surface area (Å²) in [4.78, 5) is 6.70. The summed E-state index contributed by atoms with van der Waals surface area (Å²) in [5.41, 5.74) is 2.31. The van der Waals surface area contributed by atoms with Crippen molar-refractivity contribution >= 4 is 5.96 Å². The molecule has 1 aliphatic heterocycles. The lowest BCUT2D eigenvalue weighted by Crippen LogP contribution is -2.39. The summed E-state index contributed by atoms with van der Waals surface area (Å²) in [6.07, 6.45) is 1.16. The second kappa shape index (κ2) is 6.64. The predicted molar refractivity (Wildman–Crippen MR) is 86.8 cm³/mol. The van der Waals surface area contributed by atoms with Crippen LogP contribution in [-0.2, 0) is 6.54 Å². The van der Waals surface area contributed by atoms with Gasteiger partial charge in [-0.2, -0.15) is 0 Å². The monoisotopic (exact) mass is 298 g/mol. The first-order chi connectivity index (χ1) is 10.8. The van der Waals surface area contributed by atoms with Crippen molar-refractivity contribution in [1.29, 1.82) is 0 Å². The first kappa shape index (κ1) is 14.6. The fraction of sp³-hybridized carbons (Fsp3) is 0.412. The highest BCUT2D eigenvalue weighted by molar-refractivity contribution is 5.80. The van der Waals surface area contributed by atoms with E-state index in [1.165, 1.54) is 5.56 Å². The van der Waals surface area contributed by atoms with Crippen molar-refractivity contribution in [3.8, 4) is 0 Å². The molecule has 1 unspecified atom stereocenters. The van der Waals surface area contributed by atoms with Crippen LogP contribution in [0.4, 0.5) is 0 Å². The molecular formula is C17H22N4O. The van der Waals surface area contributed by atoms with Crippen molar-refractivity contribution in [2.75, 3.05) is 20.1 Å². The van der Waals surface area contributed by atoms with E-state index in [-0.39, 0.29) is 0 Å². The summed E-state index contributed by atoms with van der Waals surface area (Å²) in [5, 5.41) is 7.26. The molecule has 116 valence electrons. The molecule has 0 saturated carbocycles. The molecule has 0 spiro atoms. The Kier molecular flexibility index (Phi) is 4.42. The van der Waals surface area contributed by atoms with Crippen molar-refractivity contribution in [2.24, 2.45) is 4.99 Å². The zero-order chi connectivity index (χ0) is 15.4. The lowest BCUT2D eigenvalue weighted by atomic mass is 9.99. The zero-order valence-corrected chi connectivity index (χ0v) is 13.1. The maximum atomic E-state index is 5.23. The van der Waals surface area contributed by atoms with Gasteiger partial charge in [-0.1, -0.05) is 35.5 Å². The number of guanidine groups is 1. The predicted octanol–water partition coefficient (Wildman–Crippen LogP) is 2.55. The van der Waals surface area contributed by atoms with Crippen LogP contribution in [0, 0.1) is 6.92 Å². The Morgan fingerprint density at radius 3 is 2.91 bits per heavy atom. The molecule has 1 aromatic heterocycles. The molecule has 0 aliphatic carbocycles. The fourth-order valence-electron chi connectivity index (χ4n) is 2.95. The minimum absolute atomic E-state index is 0.576. The maximum absolute atomic E-state index is 5.23. The highest BCUT2D eigenvalue weighted by atomic mass is 16.5. The van der Waals surface area contributed by atoms with E-state index in [0.717, 1.165) is 36.9 Å². The first-order valence-electron chi connectivity index (χ1n) is 7.69. The highest BCUT2D eigenvalue weighted by Gasteiger charge is 2.25. The lowest BCUT2D eigenvalue weighted by molar-refractivity contribution is 0.373. The van der Waals surface area contributed by atoms with Gasteiger partial charge in [0.2, 0.25) is 0 Å². The number of aromatic nitrogens is 1. The number of aliphatic imine (C=N–C) groups is 1. The Hall–Kier alpha value is -2.30. The molecule has 1 atom stereocenters. The van der Waals surface area contributed by atoms with Gasteiger partial charge >= 0.3 is 0 Å². The Labute approximate surface area is 131 Å². The normalized spacial score (nSPS) is 18.7. The van der Waals surface area contributed by atoms with Crippen molar-refractivity contribution in [2.45, 2.75) is 25.8 Å². The van der Waals surface area contributed by atoms with Crippen LogP contribution in [0.3, 0.4) is 0 Å². The number of nitrogens with zero attached hydrogens (tertiary/aromatic N) is 3. The summed E-state index contributed by atoms with van der Waals surface area (Å²) in [6, 6.07) is 12.6. The summed E-state index contributed by atoms with van der Waals surface area (Å²) >= 11 is 0. The third-order valence-corrected chi connectivity index (χ3v) is 4.07. The third-order valence-electron chi connectivity index (χ3n) is 4.07. The molecule has 1 N–H and O–H groups in total. The summed E-state index contributed by atoms with van der Waals surface area (Å²) < 4.78 is 5.23. The number of likely N-dealkylation sites (tertiary alicyclic amines) is 1. The van der Waals surface area contributed by atoms with E-state index in [1.54, 1.807) is 0 Å². The number of hydrogen-bond donors (Lipinski definition) is 1. The lowest BCUT2D eigenvalue weighted by Gasteiger charge is -2.21. The number of nitrogens with one attached hydrogen (secondary N) is 1. The van der Waals surface area contributed by atoms with Crippen LogP contribution in [0.1, 0.15) is 29.4 Å². The highest BCUT2D eigenvalue weighted by Crippen LogP contribution is 2.26. The minimum Gasteiger partial charge on any atom is -0.359 e. The van der Waals surface area contributed by atoms with Crippen LogP contribution in [0.25, 0.3) is 0 Å². The molecule has 3 rings (SSSR count). The Morgan fingerprint density at radius 2 is 2.23 bits per heavy atom. The van der Waals surface area contributed by atoms with Crippen LogP contribution in [0.15, 0.2) is 45.9 Å². The second-order valence-electron chi connectivity index (χ2n) is 5.68. The Balaban J connectivity index is 1.58. The van der Waals surface area contributed by atoms with Gasteiger partial charge in [0.25, 0.3) is 0 Å². The van der Waals surface area contributed by atoms with Crippen molar-refractivity contribution < 1.29 is 4.52 Å². The van der Waals surface area contributed by atoms with E-state index in [0.29, 0.717) is 12.5 Å². The zero-order valence-electron chi connectivity index (χ0n) is 13.1. The summed E-state index contributed by atoms with van der Waals surface area (Å²) in [7, 11) is 1.82. The molecule has 1 aliphatic rings. The number of rotatable bonds is 3. The topological polar surface area (TPSA) is 53.7 Å². The molecule has 5 nitrogen and oxygen atoms in total.